The number of aliphatic hydroxyl groups is 1. The van der Waals surface area contributed by atoms with Crippen LogP contribution in [0, 0.1) is 11.8 Å². The summed E-state index contributed by atoms with van der Waals surface area (Å²) in [6.45, 7) is 3.87. The van der Waals surface area contributed by atoms with Gasteiger partial charge >= 0.3 is 41.5 Å². The zero-order chi connectivity index (χ0) is 24.0. The molecular formula is C22H26N3NaO7S. The summed E-state index contributed by atoms with van der Waals surface area (Å²) < 4.78 is 0. The van der Waals surface area contributed by atoms with Crippen LogP contribution in [0.5, 0.6) is 0 Å². The molecule has 0 unspecified atom stereocenters. The van der Waals surface area contributed by atoms with Crippen molar-refractivity contribution in [1.29, 1.82) is 0 Å². The van der Waals surface area contributed by atoms with Crippen molar-refractivity contribution in [1.82, 2.24) is 10.2 Å². The van der Waals surface area contributed by atoms with E-state index in [2.05, 4.69) is 10.6 Å². The molecule has 2 fully saturated rings. The Kier molecular flexibility index (Phi) is 8.16. The van der Waals surface area contributed by atoms with E-state index in [4.69, 9.17) is 5.11 Å². The standard InChI is InChI=1S/C22H25N3O7S.Na.H/c1-9-16-15(10(2)26)20(28)25(16)17(22(31)32)18(9)33-13-7-14(23-8-13)19(27)24-12-5-3-4-11(6-12)21(29)30;;/h3-6,9-10,13-16,23,26H,7-8H2,1-2H3,(H,24,27)(H,29,30)(H,31,32);;/t9-,10-,13+,14+,15-,16-;;/m1../s1. The van der Waals surface area contributed by atoms with Gasteiger partial charge in [0.2, 0.25) is 11.8 Å². The summed E-state index contributed by atoms with van der Waals surface area (Å²) in [6.07, 6.45) is -0.419. The van der Waals surface area contributed by atoms with E-state index in [0.29, 0.717) is 23.6 Å². The zero-order valence-corrected chi connectivity index (χ0v) is 18.8. The zero-order valence-electron chi connectivity index (χ0n) is 18.0. The van der Waals surface area contributed by atoms with Gasteiger partial charge in [-0.05, 0) is 31.5 Å². The third-order valence-corrected chi connectivity index (χ3v) is 7.90. The van der Waals surface area contributed by atoms with Crippen molar-refractivity contribution in [3.05, 3.63) is 40.4 Å². The normalized spacial score (nSPS) is 28.6. The summed E-state index contributed by atoms with van der Waals surface area (Å²) in [4.78, 5) is 50.1. The van der Waals surface area contributed by atoms with Crippen molar-refractivity contribution in [2.24, 2.45) is 11.8 Å². The number of amides is 2. The van der Waals surface area contributed by atoms with E-state index in [9.17, 15) is 29.4 Å². The van der Waals surface area contributed by atoms with Crippen LogP contribution < -0.4 is 10.6 Å². The van der Waals surface area contributed by atoms with Crippen molar-refractivity contribution < 1.29 is 34.5 Å². The molecule has 0 saturated carbocycles. The fourth-order valence-corrected chi connectivity index (χ4v) is 6.29. The minimum absolute atomic E-state index is 0. The Labute approximate surface area is 222 Å². The predicted molar refractivity (Wildman–Crippen MR) is 127 cm³/mol. The molecule has 10 nitrogen and oxygen atoms in total. The van der Waals surface area contributed by atoms with Crippen molar-refractivity contribution >= 4 is 70.8 Å². The van der Waals surface area contributed by atoms with Gasteiger partial charge in [0, 0.05) is 28.3 Å². The number of anilines is 1. The number of thioether (sulfide) groups is 1. The third-order valence-electron chi connectivity index (χ3n) is 6.39. The molecule has 6 atom stereocenters. The number of hydrogen-bond acceptors (Lipinski definition) is 7. The summed E-state index contributed by atoms with van der Waals surface area (Å²) in [5.41, 5.74) is 0.418. The minimum atomic E-state index is -1.18. The third kappa shape index (κ3) is 4.77. The molecule has 3 aliphatic rings. The summed E-state index contributed by atoms with van der Waals surface area (Å²) in [5.74, 6) is -3.79. The van der Waals surface area contributed by atoms with Gasteiger partial charge in [-0.15, -0.1) is 11.8 Å². The monoisotopic (exact) mass is 499 g/mol. The summed E-state index contributed by atoms with van der Waals surface area (Å²) in [6, 6.07) is 5.07. The molecule has 4 rings (SSSR count). The first-order chi connectivity index (χ1) is 15.6. The Morgan fingerprint density at radius 2 is 1.94 bits per heavy atom. The number of carbonyl (C=O) groups is 4. The van der Waals surface area contributed by atoms with Crippen LogP contribution in [0.25, 0.3) is 0 Å². The number of carbonyl (C=O) groups excluding carboxylic acids is 2. The number of nitrogens with one attached hydrogen (secondary N) is 2. The van der Waals surface area contributed by atoms with Crippen molar-refractivity contribution in [3.63, 3.8) is 0 Å². The maximum atomic E-state index is 12.7. The second kappa shape index (κ2) is 10.4. The fraction of sp³-hybridized carbons (Fsp3) is 0.455. The number of β-lactam (4-membered cyclic amide) rings is 1. The second-order valence-electron chi connectivity index (χ2n) is 8.58. The molecule has 0 aromatic heterocycles. The summed E-state index contributed by atoms with van der Waals surface area (Å²) in [7, 11) is 0. The Morgan fingerprint density at radius 1 is 1.24 bits per heavy atom. The molecule has 1 aromatic carbocycles. The van der Waals surface area contributed by atoms with Crippen LogP contribution in [0.4, 0.5) is 5.69 Å². The molecule has 0 radical (unpaired) electrons. The number of aliphatic carboxylic acids is 1. The van der Waals surface area contributed by atoms with Crippen molar-refractivity contribution in [2.45, 2.75) is 43.7 Å². The van der Waals surface area contributed by atoms with E-state index in [0.717, 1.165) is 0 Å². The molecule has 178 valence electrons. The fourth-order valence-electron chi connectivity index (χ4n) is 4.81. The van der Waals surface area contributed by atoms with E-state index in [1.807, 2.05) is 6.92 Å². The predicted octanol–water partition coefficient (Wildman–Crippen LogP) is 0.292. The molecule has 5 N–H and O–H groups in total. The van der Waals surface area contributed by atoms with Crippen LogP contribution in [0.2, 0.25) is 0 Å². The molecule has 1 aromatic rings. The number of benzene rings is 1. The Bertz CT molecular complexity index is 1060. The molecule has 0 spiro atoms. The van der Waals surface area contributed by atoms with E-state index >= 15 is 0 Å². The van der Waals surface area contributed by atoms with Gasteiger partial charge in [0.1, 0.15) is 5.70 Å². The van der Waals surface area contributed by atoms with Crippen LogP contribution in [0.15, 0.2) is 34.9 Å². The first kappa shape index (κ1) is 26.7. The van der Waals surface area contributed by atoms with Gasteiger partial charge in [0.15, 0.2) is 0 Å². The molecule has 0 bridgehead atoms. The van der Waals surface area contributed by atoms with E-state index in [-0.39, 0.29) is 69.8 Å². The average molecular weight is 500 g/mol. The summed E-state index contributed by atoms with van der Waals surface area (Å²) >= 11 is 1.36. The molecular weight excluding hydrogens is 473 g/mol. The molecule has 0 aliphatic carbocycles. The van der Waals surface area contributed by atoms with E-state index < -0.39 is 30.0 Å². The van der Waals surface area contributed by atoms with Gasteiger partial charge in [0.25, 0.3) is 0 Å². The Balaban J connectivity index is 0.00000324. The molecule has 3 heterocycles. The Morgan fingerprint density at radius 3 is 2.56 bits per heavy atom. The van der Waals surface area contributed by atoms with Crippen LogP contribution in [0.1, 0.15) is 30.6 Å². The number of nitrogens with zero attached hydrogens (tertiary/aromatic N) is 1. The summed E-state index contributed by atoms with van der Waals surface area (Å²) in [5, 5.41) is 34.6. The number of carboxylic acid groups (broad SMARTS) is 2. The number of fused-ring (bicyclic) bond motifs is 1. The van der Waals surface area contributed by atoms with Crippen LogP contribution in [-0.2, 0) is 14.4 Å². The number of rotatable bonds is 7. The number of carboxylic acids is 2. The quantitative estimate of drug-likeness (QED) is 0.263. The topological polar surface area (TPSA) is 156 Å². The molecule has 2 amide bonds. The number of hydrogen-bond donors (Lipinski definition) is 5. The maximum absolute atomic E-state index is 12.7. The average Bonchev–Trinajstić information content (AvgIpc) is 3.30. The molecule has 2 saturated heterocycles. The van der Waals surface area contributed by atoms with E-state index in [1.54, 1.807) is 12.1 Å². The van der Waals surface area contributed by atoms with Crippen LogP contribution in [-0.4, -0.2) is 104 Å². The van der Waals surface area contributed by atoms with Crippen molar-refractivity contribution in [2.75, 3.05) is 11.9 Å². The first-order valence-electron chi connectivity index (χ1n) is 10.6. The van der Waals surface area contributed by atoms with E-state index in [1.165, 1.54) is 35.7 Å². The SMILES string of the molecule is C[C@@H](O)[C@H]1C(=O)N2C(C(=O)O)=C(S[C@@H]3CN[C@H](C(=O)Nc4cccc(C(=O)O)c4)C3)[C@H](C)[C@H]12.[NaH]. The molecule has 34 heavy (non-hydrogen) atoms. The second-order valence-corrected chi connectivity index (χ2v) is 9.93. The molecule has 12 heteroatoms. The Hall–Kier alpha value is -1.89. The number of aromatic carboxylic acids is 1. The van der Waals surface area contributed by atoms with Crippen molar-refractivity contribution in [3.8, 4) is 0 Å². The first-order valence-corrected chi connectivity index (χ1v) is 11.5. The van der Waals surface area contributed by atoms with Gasteiger partial charge in [-0.1, -0.05) is 13.0 Å². The van der Waals surface area contributed by atoms with Gasteiger partial charge in [-0.2, -0.15) is 0 Å². The van der Waals surface area contributed by atoms with Gasteiger partial charge in [-0.3, -0.25) is 9.59 Å². The molecule has 3 aliphatic heterocycles. The van der Waals surface area contributed by atoms with Gasteiger partial charge in [-0.25, -0.2) is 9.59 Å². The van der Waals surface area contributed by atoms with Crippen LogP contribution >= 0.6 is 11.8 Å². The van der Waals surface area contributed by atoms with Crippen LogP contribution in [0.3, 0.4) is 0 Å². The van der Waals surface area contributed by atoms with Gasteiger partial charge in [0.05, 0.1) is 29.7 Å². The van der Waals surface area contributed by atoms with Gasteiger partial charge < -0.3 is 30.9 Å². The number of aliphatic hydroxyl groups excluding tert-OH is 1.